The van der Waals surface area contributed by atoms with E-state index < -0.39 is 38.8 Å². The highest BCUT2D eigenvalue weighted by atomic mass is 32.2. The highest BCUT2D eigenvalue weighted by Gasteiger charge is 2.22. The third-order valence-corrected chi connectivity index (χ3v) is 4.23. The number of halogens is 2. The van der Waals surface area contributed by atoms with Crippen LogP contribution in [0.1, 0.15) is 35.7 Å². The maximum Gasteiger partial charge on any atom is 0.341 e. The number of unbranched alkanes of at least 4 members (excludes halogenated alkanes) is 1. The van der Waals surface area contributed by atoms with Crippen LogP contribution in [-0.4, -0.2) is 25.2 Å². The molecule has 1 N–H and O–H groups in total. The smallest absolute Gasteiger partial charge is 0.341 e. The van der Waals surface area contributed by atoms with Crippen LogP contribution >= 0.6 is 0 Å². The van der Waals surface area contributed by atoms with Gasteiger partial charge in [0.1, 0.15) is 17.2 Å². The zero-order valence-corrected chi connectivity index (χ0v) is 11.1. The van der Waals surface area contributed by atoms with Crippen molar-refractivity contribution >= 4 is 15.8 Å². The van der Waals surface area contributed by atoms with Crippen molar-refractivity contribution in [2.45, 2.75) is 25.5 Å². The Kier molecular flexibility index (Phi) is 4.99. The van der Waals surface area contributed by atoms with Crippen LogP contribution in [-0.2, 0) is 15.6 Å². The molecule has 1 aromatic carbocycles. The predicted molar refractivity (Wildman–Crippen MR) is 65.7 cm³/mol. The van der Waals surface area contributed by atoms with Crippen molar-refractivity contribution in [1.29, 1.82) is 0 Å². The molecule has 0 radical (unpaired) electrons. The Labute approximate surface area is 110 Å². The van der Waals surface area contributed by atoms with Crippen LogP contribution in [0.25, 0.3) is 0 Å². The largest absolute Gasteiger partial charge is 0.477 e. The highest BCUT2D eigenvalue weighted by Crippen LogP contribution is 2.19. The van der Waals surface area contributed by atoms with Crippen LogP contribution in [0.2, 0.25) is 0 Å². The standard InChI is InChI=1S/C12H14F2O4S/c1-2-3-6-19(17,18)7-8-4-5-9(13)10(11(8)14)12(15)16/h4-5H,2-3,6-7H2,1H3,(H,15,16). The second-order valence-corrected chi connectivity index (χ2v) is 6.33. The minimum absolute atomic E-state index is 0.108. The molecule has 0 spiro atoms. The number of sulfone groups is 1. The minimum atomic E-state index is -3.53. The molecule has 7 heteroatoms. The van der Waals surface area contributed by atoms with Gasteiger partial charge in [-0.05, 0) is 12.5 Å². The van der Waals surface area contributed by atoms with E-state index in [9.17, 15) is 22.0 Å². The van der Waals surface area contributed by atoms with Gasteiger partial charge in [0.25, 0.3) is 0 Å². The Morgan fingerprint density at radius 1 is 1.32 bits per heavy atom. The van der Waals surface area contributed by atoms with E-state index in [1.54, 1.807) is 0 Å². The molecular formula is C12H14F2O4S. The Morgan fingerprint density at radius 3 is 2.47 bits per heavy atom. The van der Waals surface area contributed by atoms with Gasteiger partial charge in [-0.1, -0.05) is 19.4 Å². The average Bonchev–Trinajstić information content (AvgIpc) is 2.30. The molecule has 0 aliphatic carbocycles. The maximum absolute atomic E-state index is 13.8. The molecule has 0 fully saturated rings. The molecule has 0 aromatic heterocycles. The van der Waals surface area contributed by atoms with Gasteiger partial charge in [0.2, 0.25) is 0 Å². The number of carboxylic acid groups (broad SMARTS) is 1. The third-order valence-electron chi connectivity index (χ3n) is 2.57. The van der Waals surface area contributed by atoms with Crippen LogP contribution in [0.5, 0.6) is 0 Å². The van der Waals surface area contributed by atoms with Gasteiger partial charge >= 0.3 is 5.97 Å². The van der Waals surface area contributed by atoms with E-state index in [2.05, 4.69) is 0 Å². The summed E-state index contributed by atoms with van der Waals surface area (Å²) in [5.74, 6) is -5.04. The zero-order valence-electron chi connectivity index (χ0n) is 10.3. The molecule has 0 aliphatic heterocycles. The SMILES string of the molecule is CCCCS(=O)(=O)Cc1ccc(F)c(C(=O)O)c1F. The Bertz CT molecular complexity index is 582. The molecule has 0 heterocycles. The van der Waals surface area contributed by atoms with Crippen LogP contribution in [0.4, 0.5) is 8.78 Å². The number of aromatic carboxylic acids is 1. The minimum Gasteiger partial charge on any atom is -0.477 e. The number of carboxylic acids is 1. The van der Waals surface area contributed by atoms with Gasteiger partial charge in [-0.3, -0.25) is 0 Å². The molecule has 0 unspecified atom stereocenters. The van der Waals surface area contributed by atoms with Crippen LogP contribution in [0, 0.1) is 11.6 Å². The summed E-state index contributed by atoms with van der Waals surface area (Å²) in [4.78, 5) is 10.7. The van der Waals surface area contributed by atoms with E-state index >= 15 is 0 Å². The Hall–Kier alpha value is -1.50. The molecule has 0 saturated heterocycles. The lowest BCUT2D eigenvalue weighted by Crippen LogP contribution is -2.13. The first-order valence-corrected chi connectivity index (χ1v) is 7.51. The van der Waals surface area contributed by atoms with E-state index in [0.29, 0.717) is 12.8 Å². The van der Waals surface area contributed by atoms with Gasteiger partial charge in [0.05, 0.1) is 11.5 Å². The normalized spacial score (nSPS) is 11.5. The fraction of sp³-hybridized carbons (Fsp3) is 0.417. The van der Waals surface area contributed by atoms with Gasteiger partial charge in [0.15, 0.2) is 9.84 Å². The molecule has 106 valence electrons. The number of rotatable bonds is 6. The van der Waals surface area contributed by atoms with Crippen LogP contribution < -0.4 is 0 Å². The van der Waals surface area contributed by atoms with Crippen molar-refractivity contribution in [2.24, 2.45) is 0 Å². The number of hydrogen-bond acceptors (Lipinski definition) is 3. The summed E-state index contributed by atoms with van der Waals surface area (Å²) in [6.07, 6.45) is 1.11. The van der Waals surface area contributed by atoms with Crippen molar-refractivity contribution in [3.8, 4) is 0 Å². The van der Waals surface area contributed by atoms with Crippen molar-refractivity contribution in [1.82, 2.24) is 0 Å². The molecule has 0 atom stereocenters. The first-order chi connectivity index (χ1) is 8.78. The number of hydrogen-bond donors (Lipinski definition) is 1. The number of benzene rings is 1. The lowest BCUT2D eigenvalue weighted by Gasteiger charge is -2.07. The van der Waals surface area contributed by atoms with Gasteiger partial charge in [-0.15, -0.1) is 0 Å². The summed E-state index contributed by atoms with van der Waals surface area (Å²) in [5.41, 5.74) is -1.45. The molecule has 0 aliphatic rings. The summed E-state index contributed by atoms with van der Waals surface area (Å²) >= 11 is 0. The first kappa shape index (κ1) is 15.6. The quantitative estimate of drug-likeness (QED) is 0.873. The summed E-state index contributed by atoms with van der Waals surface area (Å²) in [7, 11) is -3.53. The van der Waals surface area contributed by atoms with Crippen molar-refractivity contribution < 1.29 is 27.1 Å². The van der Waals surface area contributed by atoms with Gasteiger partial charge in [-0.25, -0.2) is 22.0 Å². The van der Waals surface area contributed by atoms with Crippen LogP contribution in [0.3, 0.4) is 0 Å². The topological polar surface area (TPSA) is 71.4 Å². The van der Waals surface area contributed by atoms with Crippen molar-refractivity contribution in [3.63, 3.8) is 0 Å². The fourth-order valence-electron chi connectivity index (χ4n) is 1.58. The summed E-state index contributed by atoms with van der Waals surface area (Å²) in [6.45, 7) is 1.82. The van der Waals surface area contributed by atoms with E-state index in [0.717, 1.165) is 12.1 Å². The summed E-state index contributed by atoms with van der Waals surface area (Å²) in [5, 5.41) is 8.68. The van der Waals surface area contributed by atoms with Gasteiger partial charge in [-0.2, -0.15) is 0 Å². The molecule has 4 nitrogen and oxygen atoms in total. The molecule has 0 saturated carbocycles. The Balaban J connectivity index is 3.10. The molecule has 1 aromatic rings. The second-order valence-electron chi connectivity index (χ2n) is 4.15. The van der Waals surface area contributed by atoms with E-state index in [1.165, 1.54) is 0 Å². The van der Waals surface area contributed by atoms with Crippen LogP contribution in [0.15, 0.2) is 12.1 Å². The molecule has 1 rings (SSSR count). The monoisotopic (exact) mass is 292 g/mol. The Morgan fingerprint density at radius 2 is 1.95 bits per heavy atom. The lowest BCUT2D eigenvalue weighted by molar-refractivity contribution is 0.0686. The summed E-state index contributed by atoms with van der Waals surface area (Å²) < 4.78 is 50.2. The zero-order chi connectivity index (χ0) is 14.6. The van der Waals surface area contributed by atoms with E-state index in [4.69, 9.17) is 5.11 Å². The second kappa shape index (κ2) is 6.10. The lowest BCUT2D eigenvalue weighted by atomic mass is 10.1. The molecule has 0 bridgehead atoms. The van der Waals surface area contributed by atoms with Crippen molar-refractivity contribution in [3.05, 3.63) is 34.9 Å². The van der Waals surface area contributed by atoms with Gasteiger partial charge < -0.3 is 5.11 Å². The third kappa shape index (κ3) is 3.99. The van der Waals surface area contributed by atoms with Crippen molar-refractivity contribution in [2.75, 3.05) is 5.75 Å². The van der Waals surface area contributed by atoms with Gasteiger partial charge in [0, 0.05) is 5.56 Å². The average molecular weight is 292 g/mol. The first-order valence-electron chi connectivity index (χ1n) is 5.69. The van der Waals surface area contributed by atoms with E-state index in [1.807, 2.05) is 6.92 Å². The maximum atomic E-state index is 13.8. The molecule has 0 amide bonds. The molecule has 19 heavy (non-hydrogen) atoms. The summed E-state index contributed by atoms with van der Waals surface area (Å²) in [6, 6.07) is 1.72. The number of carbonyl (C=O) groups is 1. The van der Waals surface area contributed by atoms with E-state index in [-0.39, 0.29) is 11.3 Å². The predicted octanol–water partition coefficient (Wildman–Crippen LogP) is 2.38. The highest BCUT2D eigenvalue weighted by molar-refractivity contribution is 7.90. The fourth-order valence-corrected chi connectivity index (χ4v) is 3.15. The molecular weight excluding hydrogens is 278 g/mol.